The molecular formula is C11H13F3O5S. The number of hydrogen-bond acceptors (Lipinski definition) is 5. The van der Waals surface area contributed by atoms with E-state index in [0.29, 0.717) is 12.0 Å². The van der Waals surface area contributed by atoms with Crippen LogP contribution in [0, 0.1) is 11.8 Å². The Morgan fingerprint density at radius 2 is 2.05 bits per heavy atom. The predicted octanol–water partition coefficient (Wildman–Crippen LogP) is 1.75. The van der Waals surface area contributed by atoms with Gasteiger partial charge in [-0.1, -0.05) is 11.6 Å². The first-order chi connectivity index (χ1) is 9.17. The van der Waals surface area contributed by atoms with E-state index in [9.17, 15) is 26.4 Å². The van der Waals surface area contributed by atoms with E-state index < -0.39 is 33.6 Å². The molecule has 0 aromatic rings. The Balaban J connectivity index is 2.04. The Labute approximate surface area is 113 Å². The van der Waals surface area contributed by atoms with Gasteiger partial charge in [-0.15, -0.1) is 0 Å². The number of esters is 1. The summed E-state index contributed by atoms with van der Waals surface area (Å²) >= 11 is 0. The minimum Gasteiger partial charge on any atom is -0.466 e. The first kappa shape index (κ1) is 15.3. The second kappa shape index (κ2) is 5.03. The smallest absolute Gasteiger partial charge is 0.466 e. The maximum Gasteiger partial charge on any atom is 0.523 e. The predicted molar refractivity (Wildman–Crippen MR) is 60.8 cm³/mol. The molecule has 0 heterocycles. The Morgan fingerprint density at radius 3 is 2.60 bits per heavy atom. The molecule has 0 amide bonds. The lowest BCUT2D eigenvalue weighted by molar-refractivity contribution is -0.144. The van der Waals surface area contributed by atoms with E-state index in [4.69, 9.17) is 4.74 Å². The summed E-state index contributed by atoms with van der Waals surface area (Å²) < 4.78 is 67.3. The van der Waals surface area contributed by atoms with Crippen LogP contribution in [0.2, 0.25) is 0 Å². The van der Waals surface area contributed by atoms with E-state index in [2.05, 4.69) is 4.18 Å². The highest BCUT2D eigenvalue weighted by atomic mass is 32.2. The molecule has 0 aromatic carbocycles. The SMILES string of the molecule is CCOC(=O)C1C2=CC(OS(=O)(=O)C(F)(F)F)CCC21. The van der Waals surface area contributed by atoms with E-state index >= 15 is 0 Å². The lowest BCUT2D eigenvalue weighted by Gasteiger charge is -2.17. The summed E-state index contributed by atoms with van der Waals surface area (Å²) in [7, 11) is -5.61. The van der Waals surface area contributed by atoms with Gasteiger partial charge in [0.2, 0.25) is 0 Å². The molecule has 0 spiro atoms. The molecule has 0 N–H and O–H groups in total. The molecule has 0 aliphatic heterocycles. The van der Waals surface area contributed by atoms with Crippen molar-refractivity contribution in [3.8, 4) is 0 Å². The van der Waals surface area contributed by atoms with Gasteiger partial charge in [-0.25, -0.2) is 0 Å². The van der Waals surface area contributed by atoms with Crippen molar-refractivity contribution in [2.75, 3.05) is 6.61 Å². The van der Waals surface area contributed by atoms with Crippen molar-refractivity contribution in [1.82, 2.24) is 0 Å². The van der Waals surface area contributed by atoms with Crippen molar-refractivity contribution in [3.63, 3.8) is 0 Å². The summed E-state index contributed by atoms with van der Waals surface area (Å²) in [5.41, 5.74) is -4.83. The molecule has 1 saturated carbocycles. The van der Waals surface area contributed by atoms with Gasteiger partial charge in [0.15, 0.2) is 0 Å². The fourth-order valence-electron chi connectivity index (χ4n) is 2.37. The summed E-state index contributed by atoms with van der Waals surface area (Å²) in [6.07, 6.45) is 0.651. The number of rotatable bonds is 4. The molecule has 5 nitrogen and oxygen atoms in total. The van der Waals surface area contributed by atoms with Gasteiger partial charge in [0, 0.05) is 0 Å². The monoisotopic (exact) mass is 314 g/mol. The lowest BCUT2D eigenvalue weighted by atomic mass is 10.1. The fourth-order valence-corrected chi connectivity index (χ4v) is 2.95. The van der Waals surface area contributed by atoms with Crippen molar-refractivity contribution in [3.05, 3.63) is 11.6 Å². The van der Waals surface area contributed by atoms with Gasteiger partial charge in [-0.3, -0.25) is 8.98 Å². The molecule has 114 valence electrons. The van der Waals surface area contributed by atoms with E-state index in [1.807, 2.05) is 0 Å². The zero-order valence-corrected chi connectivity index (χ0v) is 11.3. The molecule has 9 heteroatoms. The number of halogens is 3. The highest BCUT2D eigenvalue weighted by molar-refractivity contribution is 7.87. The number of fused-ring (bicyclic) bond motifs is 1. The van der Waals surface area contributed by atoms with Crippen LogP contribution < -0.4 is 0 Å². The van der Waals surface area contributed by atoms with Gasteiger partial charge >= 0.3 is 21.6 Å². The van der Waals surface area contributed by atoms with Crippen LogP contribution in [-0.4, -0.2) is 32.6 Å². The summed E-state index contributed by atoms with van der Waals surface area (Å²) in [6.45, 7) is 1.87. The molecular weight excluding hydrogens is 301 g/mol. The highest BCUT2D eigenvalue weighted by Crippen LogP contribution is 2.53. The van der Waals surface area contributed by atoms with Crippen LogP contribution in [0.3, 0.4) is 0 Å². The zero-order chi connectivity index (χ0) is 15.1. The molecule has 3 atom stereocenters. The maximum atomic E-state index is 12.2. The molecule has 0 saturated heterocycles. The van der Waals surface area contributed by atoms with Crippen LogP contribution in [0.25, 0.3) is 0 Å². The first-order valence-corrected chi connectivity index (χ1v) is 7.46. The summed E-state index contributed by atoms with van der Waals surface area (Å²) in [6, 6.07) is 0. The van der Waals surface area contributed by atoms with Crippen LogP contribution in [0.15, 0.2) is 11.6 Å². The van der Waals surface area contributed by atoms with Crippen molar-refractivity contribution >= 4 is 16.1 Å². The van der Waals surface area contributed by atoms with Crippen LogP contribution in [-0.2, 0) is 23.8 Å². The zero-order valence-electron chi connectivity index (χ0n) is 10.5. The van der Waals surface area contributed by atoms with Gasteiger partial charge < -0.3 is 4.74 Å². The van der Waals surface area contributed by atoms with E-state index in [1.165, 1.54) is 6.08 Å². The number of alkyl halides is 3. The Hall–Kier alpha value is -1.09. The van der Waals surface area contributed by atoms with E-state index in [0.717, 1.165) is 0 Å². The van der Waals surface area contributed by atoms with Gasteiger partial charge in [-0.05, 0) is 25.7 Å². The average molecular weight is 314 g/mol. The second-order valence-electron chi connectivity index (χ2n) is 4.61. The molecule has 0 bridgehead atoms. The van der Waals surface area contributed by atoms with Crippen LogP contribution in [0.1, 0.15) is 19.8 Å². The normalized spacial score (nSPS) is 29.4. The number of hydrogen-bond donors (Lipinski definition) is 0. The second-order valence-corrected chi connectivity index (χ2v) is 6.18. The van der Waals surface area contributed by atoms with Gasteiger partial charge in [0.05, 0.1) is 18.6 Å². The molecule has 3 unspecified atom stereocenters. The van der Waals surface area contributed by atoms with Crippen molar-refractivity contribution in [1.29, 1.82) is 0 Å². The molecule has 2 rings (SSSR count). The van der Waals surface area contributed by atoms with Crippen LogP contribution >= 0.6 is 0 Å². The molecule has 0 aromatic heterocycles. The van der Waals surface area contributed by atoms with Gasteiger partial charge in [0.1, 0.15) is 0 Å². The molecule has 2 aliphatic carbocycles. The molecule has 2 aliphatic rings. The average Bonchev–Trinajstić information content (AvgIpc) is 3.00. The Kier molecular flexibility index (Phi) is 3.85. The maximum absolute atomic E-state index is 12.2. The summed E-state index contributed by atoms with van der Waals surface area (Å²) in [5.74, 6) is -0.942. The quantitative estimate of drug-likeness (QED) is 0.342. The van der Waals surface area contributed by atoms with E-state index in [1.54, 1.807) is 6.92 Å². The van der Waals surface area contributed by atoms with Crippen LogP contribution in [0.5, 0.6) is 0 Å². The number of carbonyl (C=O) groups excluding carboxylic acids is 1. The third-order valence-electron chi connectivity index (χ3n) is 3.30. The van der Waals surface area contributed by atoms with E-state index in [-0.39, 0.29) is 18.9 Å². The fraction of sp³-hybridized carbons (Fsp3) is 0.727. The first-order valence-electron chi connectivity index (χ1n) is 6.05. The molecule has 0 radical (unpaired) electrons. The Bertz CT molecular complexity index is 537. The Morgan fingerprint density at radius 1 is 1.40 bits per heavy atom. The van der Waals surface area contributed by atoms with Gasteiger partial charge in [0.25, 0.3) is 0 Å². The number of ether oxygens (including phenoxy) is 1. The summed E-state index contributed by atoms with van der Waals surface area (Å²) in [5, 5.41) is 0. The number of carbonyl (C=O) groups is 1. The lowest BCUT2D eigenvalue weighted by Crippen LogP contribution is -2.30. The third-order valence-corrected chi connectivity index (χ3v) is 4.36. The molecule has 20 heavy (non-hydrogen) atoms. The minimum absolute atomic E-state index is 0.0532. The van der Waals surface area contributed by atoms with Crippen molar-refractivity contribution in [2.24, 2.45) is 11.8 Å². The topological polar surface area (TPSA) is 69.7 Å². The van der Waals surface area contributed by atoms with Crippen molar-refractivity contribution < 1.29 is 35.3 Å². The third kappa shape index (κ3) is 2.83. The summed E-state index contributed by atoms with van der Waals surface area (Å²) in [4.78, 5) is 11.5. The van der Waals surface area contributed by atoms with Crippen LogP contribution in [0.4, 0.5) is 13.2 Å². The highest BCUT2D eigenvalue weighted by Gasteiger charge is 2.54. The largest absolute Gasteiger partial charge is 0.523 e. The van der Waals surface area contributed by atoms with Gasteiger partial charge in [-0.2, -0.15) is 21.6 Å². The van der Waals surface area contributed by atoms with Crippen molar-refractivity contribution in [2.45, 2.75) is 31.4 Å². The standard InChI is InChI=1S/C11H13F3O5S/c1-2-18-10(15)9-7-4-3-6(5-8(7)9)19-20(16,17)11(12,13)14/h5-7,9H,2-4H2,1H3. The minimum atomic E-state index is -5.61. The molecule has 1 fully saturated rings.